The monoisotopic (exact) mass is 306 g/mol. The third-order valence-corrected chi connectivity index (χ3v) is 4.26. The van der Waals surface area contributed by atoms with Crippen LogP contribution in [0, 0.1) is 11.2 Å². The molecule has 4 heteroatoms. The molecule has 0 radical (unpaired) electrons. The molecule has 122 valence electrons. The number of carbonyl (C=O) groups is 1. The maximum absolute atomic E-state index is 13.1. The van der Waals surface area contributed by atoms with E-state index in [1.165, 1.54) is 18.6 Å². The maximum atomic E-state index is 13.1. The summed E-state index contributed by atoms with van der Waals surface area (Å²) in [6, 6.07) is 6.77. The van der Waals surface area contributed by atoms with Gasteiger partial charge in [0, 0.05) is 12.5 Å². The second kappa shape index (κ2) is 7.23. The first-order valence-electron chi connectivity index (χ1n) is 8.14. The molecule has 1 aliphatic heterocycles. The summed E-state index contributed by atoms with van der Waals surface area (Å²) in [4.78, 5) is 12.3. The van der Waals surface area contributed by atoms with E-state index in [9.17, 15) is 9.18 Å². The Hall–Kier alpha value is -1.42. The minimum atomic E-state index is -0.255. The number of benzene rings is 1. The van der Waals surface area contributed by atoms with E-state index in [4.69, 9.17) is 0 Å². The first kappa shape index (κ1) is 16.9. The molecule has 22 heavy (non-hydrogen) atoms. The number of hydrogen-bond donors (Lipinski definition) is 2. The van der Waals surface area contributed by atoms with Gasteiger partial charge in [0.15, 0.2) is 0 Å². The van der Waals surface area contributed by atoms with Gasteiger partial charge in [-0.2, -0.15) is 0 Å². The molecule has 1 fully saturated rings. The Morgan fingerprint density at radius 2 is 2.05 bits per heavy atom. The summed E-state index contributed by atoms with van der Waals surface area (Å²) in [5.41, 5.74) is 0.820. The third kappa shape index (κ3) is 4.80. The average molecular weight is 306 g/mol. The van der Waals surface area contributed by atoms with E-state index in [0.717, 1.165) is 24.9 Å². The minimum Gasteiger partial charge on any atom is -0.349 e. The molecule has 1 amide bonds. The molecule has 0 aromatic heterocycles. The Morgan fingerprint density at radius 1 is 1.36 bits per heavy atom. The van der Waals surface area contributed by atoms with Gasteiger partial charge < -0.3 is 10.6 Å². The van der Waals surface area contributed by atoms with Crippen molar-refractivity contribution in [1.29, 1.82) is 0 Å². The second-order valence-electron chi connectivity index (χ2n) is 7.25. The predicted octanol–water partition coefficient (Wildman–Crippen LogP) is 3.56. The normalized spacial score (nSPS) is 19.9. The van der Waals surface area contributed by atoms with Gasteiger partial charge in [-0.3, -0.25) is 4.79 Å². The van der Waals surface area contributed by atoms with Gasteiger partial charge in [0.25, 0.3) is 0 Å². The fourth-order valence-electron chi connectivity index (χ4n) is 3.00. The van der Waals surface area contributed by atoms with Crippen molar-refractivity contribution in [3.63, 3.8) is 0 Å². The summed E-state index contributed by atoms with van der Waals surface area (Å²) >= 11 is 0. The van der Waals surface area contributed by atoms with E-state index in [2.05, 4.69) is 31.4 Å². The molecule has 1 aliphatic rings. The average Bonchev–Trinajstić information content (AvgIpc) is 2.96. The summed E-state index contributed by atoms with van der Waals surface area (Å²) in [5.74, 6) is -0.187. The van der Waals surface area contributed by atoms with Crippen molar-refractivity contribution in [3.8, 4) is 0 Å². The summed E-state index contributed by atoms with van der Waals surface area (Å²) in [7, 11) is 0. The summed E-state index contributed by atoms with van der Waals surface area (Å²) in [6.07, 6.45) is 3.78. The van der Waals surface area contributed by atoms with Crippen LogP contribution in [0.5, 0.6) is 0 Å². The van der Waals surface area contributed by atoms with Gasteiger partial charge in [0.05, 0.1) is 6.04 Å². The summed E-state index contributed by atoms with van der Waals surface area (Å²) in [6.45, 7) is 7.31. The molecule has 1 aromatic rings. The second-order valence-corrected chi connectivity index (χ2v) is 7.25. The number of rotatable bonds is 5. The molecule has 0 aliphatic carbocycles. The van der Waals surface area contributed by atoms with Crippen molar-refractivity contribution in [1.82, 2.24) is 10.6 Å². The fraction of sp³-hybridized carbons (Fsp3) is 0.611. The van der Waals surface area contributed by atoms with Crippen molar-refractivity contribution in [3.05, 3.63) is 35.6 Å². The van der Waals surface area contributed by atoms with Crippen LogP contribution in [0.15, 0.2) is 24.3 Å². The zero-order valence-electron chi connectivity index (χ0n) is 13.8. The number of carbonyl (C=O) groups excluding carboxylic acids is 1. The molecular weight excluding hydrogens is 279 g/mol. The number of nitrogens with one attached hydrogen (secondary N) is 2. The van der Waals surface area contributed by atoms with Gasteiger partial charge in [0.2, 0.25) is 5.91 Å². The summed E-state index contributed by atoms with van der Waals surface area (Å²) < 4.78 is 13.1. The number of amides is 1. The van der Waals surface area contributed by atoms with Crippen molar-refractivity contribution in [2.24, 2.45) is 5.41 Å². The Labute approximate surface area is 132 Å². The molecule has 2 atom stereocenters. The van der Waals surface area contributed by atoms with Crippen LogP contribution in [0.2, 0.25) is 0 Å². The topological polar surface area (TPSA) is 41.1 Å². The van der Waals surface area contributed by atoms with Crippen LogP contribution in [0.3, 0.4) is 0 Å². The van der Waals surface area contributed by atoms with Crippen molar-refractivity contribution in [2.75, 3.05) is 6.54 Å². The van der Waals surface area contributed by atoms with E-state index < -0.39 is 0 Å². The molecule has 2 unspecified atom stereocenters. The Morgan fingerprint density at radius 3 is 2.59 bits per heavy atom. The molecule has 2 N–H and O–H groups in total. The first-order chi connectivity index (χ1) is 10.4. The lowest BCUT2D eigenvalue weighted by molar-refractivity contribution is -0.122. The lowest BCUT2D eigenvalue weighted by atomic mass is 9.82. The Kier molecular flexibility index (Phi) is 5.57. The molecule has 2 rings (SSSR count). The quantitative estimate of drug-likeness (QED) is 0.873. The van der Waals surface area contributed by atoms with Crippen LogP contribution in [-0.2, 0) is 4.79 Å². The van der Waals surface area contributed by atoms with Crippen LogP contribution in [0.1, 0.15) is 58.1 Å². The zero-order chi connectivity index (χ0) is 16.2. The summed E-state index contributed by atoms with van der Waals surface area (Å²) in [5, 5.41) is 6.54. The predicted molar refractivity (Wildman–Crippen MR) is 87.0 cm³/mol. The fourth-order valence-corrected chi connectivity index (χ4v) is 3.00. The molecule has 1 aromatic carbocycles. The van der Waals surface area contributed by atoms with Crippen LogP contribution < -0.4 is 10.6 Å². The molecule has 0 spiro atoms. The van der Waals surface area contributed by atoms with Gasteiger partial charge in [-0.25, -0.2) is 4.39 Å². The molecule has 3 nitrogen and oxygen atoms in total. The first-order valence-corrected chi connectivity index (χ1v) is 8.14. The molecule has 0 saturated carbocycles. The van der Waals surface area contributed by atoms with Gasteiger partial charge in [-0.1, -0.05) is 32.9 Å². The largest absolute Gasteiger partial charge is 0.349 e. The minimum absolute atomic E-state index is 0.0675. The third-order valence-electron chi connectivity index (χ3n) is 4.26. The van der Waals surface area contributed by atoms with E-state index in [1.807, 2.05) is 0 Å². The molecule has 1 saturated heterocycles. The van der Waals surface area contributed by atoms with Crippen molar-refractivity contribution in [2.45, 2.75) is 58.5 Å². The molecular formula is C18H27FN2O. The zero-order valence-corrected chi connectivity index (χ0v) is 13.8. The van der Waals surface area contributed by atoms with Gasteiger partial charge in [0.1, 0.15) is 5.82 Å². The van der Waals surface area contributed by atoms with Gasteiger partial charge >= 0.3 is 0 Å². The van der Waals surface area contributed by atoms with Crippen LogP contribution in [0.4, 0.5) is 4.39 Å². The van der Waals surface area contributed by atoms with E-state index >= 15 is 0 Å². The van der Waals surface area contributed by atoms with E-state index in [0.29, 0.717) is 12.5 Å². The lowest BCUT2D eigenvalue weighted by Gasteiger charge is -2.32. The molecule has 0 bridgehead atoms. The van der Waals surface area contributed by atoms with Crippen LogP contribution in [0.25, 0.3) is 0 Å². The number of hydrogen-bond acceptors (Lipinski definition) is 2. The highest BCUT2D eigenvalue weighted by Gasteiger charge is 2.28. The van der Waals surface area contributed by atoms with E-state index in [-0.39, 0.29) is 23.2 Å². The van der Waals surface area contributed by atoms with Gasteiger partial charge in [-0.15, -0.1) is 0 Å². The lowest BCUT2D eigenvalue weighted by Crippen LogP contribution is -2.37. The Balaban J connectivity index is 1.97. The standard InChI is InChI=1S/C18H27FN2O/c1-18(2,3)17(13-6-8-14(19)9-7-13)21-16(22)11-10-15-5-4-12-20-15/h6-9,15,17,20H,4-5,10-12H2,1-3H3,(H,21,22). The molecule has 1 heterocycles. The smallest absolute Gasteiger partial charge is 0.220 e. The number of halogens is 1. The van der Waals surface area contributed by atoms with Crippen LogP contribution in [-0.4, -0.2) is 18.5 Å². The van der Waals surface area contributed by atoms with E-state index in [1.54, 1.807) is 12.1 Å². The maximum Gasteiger partial charge on any atom is 0.220 e. The van der Waals surface area contributed by atoms with Crippen molar-refractivity contribution < 1.29 is 9.18 Å². The highest BCUT2D eigenvalue weighted by atomic mass is 19.1. The highest BCUT2D eigenvalue weighted by Crippen LogP contribution is 2.33. The van der Waals surface area contributed by atoms with Crippen molar-refractivity contribution >= 4 is 5.91 Å². The highest BCUT2D eigenvalue weighted by molar-refractivity contribution is 5.76. The Bertz CT molecular complexity index is 487. The van der Waals surface area contributed by atoms with Crippen LogP contribution >= 0.6 is 0 Å². The van der Waals surface area contributed by atoms with Gasteiger partial charge in [-0.05, 0) is 48.9 Å². The SMILES string of the molecule is CC(C)(C)C(NC(=O)CCC1CCCN1)c1ccc(F)cc1.